The Labute approximate surface area is 152 Å². The molecular weight excluding hydrogens is 354 g/mol. The summed E-state index contributed by atoms with van der Waals surface area (Å²) in [6.07, 6.45) is 0.797. The molecule has 0 fully saturated rings. The summed E-state index contributed by atoms with van der Waals surface area (Å²) in [5, 5.41) is 24.6. The fourth-order valence-electron chi connectivity index (χ4n) is 2.73. The van der Waals surface area contributed by atoms with Gasteiger partial charge in [-0.2, -0.15) is 0 Å². The molecule has 138 valence electrons. The Morgan fingerprint density at radius 2 is 1.74 bits per heavy atom. The van der Waals surface area contributed by atoms with Gasteiger partial charge in [-0.15, -0.1) is 0 Å². The van der Waals surface area contributed by atoms with Gasteiger partial charge in [0.05, 0.1) is 32.5 Å². The molecule has 1 heterocycles. The lowest BCUT2D eigenvalue weighted by atomic mass is 10.1. The van der Waals surface area contributed by atoms with Crippen molar-refractivity contribution in [3.05, 3.63) is 68.3 Å². The van der Waals surface area contributed by atoms with Crippen molar-refractivity contribution in [3.8, 4) is 0 Å². The SMILES string of the molecule is CCCn1c(NC(=O)c2cc([N+](=O)[O-])cc([N+](=O)[O-])c2)nc2ccccc21. The lowest BCUT2D eigenvalue weighted by Gasteiger charge is -2.09. The van der Waals surface area contributed by atoms with E-state index in [1.165, 1.54) is 0 Å². The van der Waals surface area contributed by atoms with Crippen molar-refractivity contribution in [3.63, 3.8) is 0 Å². The minimum Gasteiger partial charge on any atom is -0.310 e. The second kappa shape index (κ2) is 7.20. The molecule has 3 rings (SSSR count). The number of carbonyl (C=O) groups excluding carboxylic acids is 1. The summed E-state index contributed by atoms with van der Waals surface area (Å²) in [6, 6.07) is 10.1. The van der Waals surface area contributed by atoms with E-state index in [2.05, 4.69) is 10.3 Å². The van der Waals surface area contributed by atoms with E-state index in [1.54, 1.807) is 6.07 Å². The number of amides is 1. The summed E-state index contributed by atoms with van der Waals surface area (Å²) >= 11 is 0. The molecule has 10 heteroatoms. The van der Waals surface area contributed by atoms with Gasteiger partial charge < -0.3 is 4.57 Å². The molecule has 27 heavy (non-hydrogen) atoms. The van der Waals surface area contributed by atoms with E-state index in [9.17, 15) is 25.0 Å². The van der Waals surface area contributed by atoms with E-state index in [0.717, 1.165) is 30.1 Å². The Balaban J connectivity index is 2.00. The molecule has 1 aromatic heterocycles. The number of para-hydroxylation sites is 2. The number of aryl methyl sites for hydroxylation is 1. The van der Waals surface area contributed by atoms with Crippen LogP contribution in [0.5, 0.6) is 0 Å². The minimum atomic E-state index is -0.782. The lowest BCUT2D eigenvalue weighted by molar-refractivity contribution is -0.394. The quantitative estimate of drug-likeness (QED) is 0.522. The zero-order valence-electron chi connectivity index (χ0n) is 14.3. The smallest absolute Gasteiger partial charge is 0.277 e. The van der Waals surface area contributed by atoms with Gasteiger partial charge in [-0.3, -0.25) is 30.3 Å². The Morgan fingerprint density at radius 3 is 2.33 bits per heavy atom. The Morgan fingerprint density at radius 1 is 1.11 bits per heavy atom. The van der Waals surface area contributed by atoms with Crippen LogP contribution in [0.3, 0.4) is 0 Å². The largest absolute Gasteiger partial charge is 0.310 e. The van der Waals surface area contributed by atoms with Crippen molar-refractivity contribution in [2.45, 2.75) is 19.9 Å². The van der Waals surface area contributed by atoms with E-state index in [0.29, 0.717) is 12.1 Å². The number of rotatable bonds is 6. The molecule has 0 aliphatic heterocycles. The number of nitrogens with zero attached hydrogens (tertiary/aromatic N) is 4. The molecule has 0 atom stereocenters. The number of aromatic nitrogens is 2. The van der Waals surface area contributed by atoms with Gasteiger partial charge >= 0.3 is 0 Å². The first kappa shape index (κ1) is 18.0. The maximum absolute atomic E-state index is 12.6. The van der Waals surface area contributed by atoms with Gasteiger partial charge in [-0.1, -0.05) is 19.1 Å². The lowest BCUT2D eigenvalue weighted by Crippen LogP contribution is -2.16. The highest BCUT2D eigenvalue weighted by Crippen LogP contribution is 2.24. The standard InChI is InChI=1S/C17H15N5O5/c1-2-7-20-15-6-4-3-5-14(15)18-17(20)19-16(23)11-8-12(21(24)25)10-13(9-11)22(26)27/h3-6,8-10H,2,7H2,1H3,(H,18,19,23). The number of anilines is 1. The molecule has 0 spiro atoms. The number of nitro groups is 2. The van der Waals surface area contributed by atoms with Crippen LogP contribution in [-0.2, 0) is 6.54 Å². The number of hydrogen-bond acceptors (Lipinski definition) is 6. The molecule has 0 saturated heterocycles. The fourth-order valence-corrected chi connectivity index (χ4v) is 2.73. The van der Waals surface area contributed by atoms with Crippen LogP contribution in [0.1, 0.15) is 23.7 Å². The Bertz CT molecular complexity index is 1030. The van der Waals surface area contributed by atoms with Crippen LogP contribution in [0.25, 0.3) is 11.0 Å². The molecule has 1 amide bonds. The van der Waals surface area contributed by atoms with Gasteiger partial charge in [0.15, 0.2) is 0 Å². The zero-order chi connectivity index (χ0) is 19.6. The highest BCUT2D eigenvalue weighted by molar-refractivity contribution is 6.05. The summed E-state index contributed by atoms with van der Waals surface area (Å²) in [6.45, 7) is 2.58. The van der Waals surface area contributed by atoms with Crippen LogP contribution in [0, 0.1) is 20.2 Å². The van der Waals surface area contributed by atoms with Gasteiger partial charge in [0.1, 0.15) is 0 Å². The number of non-ortho nitro benzene ring substituents is 2. The van der Waals surface area contributed by atoms with Crippen molar-refractivity contribution in [2.75, 3.05) is 5.32 Å². The first-order valence-corrected chi connectivity index (χ1v) is 8.11. The van der Waals surface area contributed by atoms with Gasteiger partial charge in [0.2, 0.25) is 5.95 Å². The summed E-state index contributed by atoms with van der Waals surface area (Å²) in [5.41, 5.74) is 0.268. The van der Waals surface area contributed by atoms with E-state index < -0.39 is 27.1 Å². The number of carbonyl (C=O) groups is 1. The van der Waals surface area contributed by atoms with Crippen molar-refractivity contribution in [1.29, 1.82) is 0 Å². The molecule has 1 N–H and O–H groups in total. The number of benzene rings is 2. The van der Waals surface area contributed by atoms with Crippen LogP contribution >= 0.6 is 0 Å². The second-order valence-corrected chi connectivity index (χ2v) is 5.78. The van der Waals surface area contributed by atoms with Crippen LogP contribution in [-0.4, -0.2) is 25.3 Å². The third-order valence-electron chi connectivity index (χ3n) is 3.91. The molecule has 0 aliphatic rings. The maximum Gasteiger partial charge on any atom is 0.277 e. The van der Waals surface area contributed by atoms with Crippen molar-refractivity contribution < 1.29 is 14.6 Å². The molecular formula is C17H15N5O5. The topological polar surface area (TPSA) is 133 Å². The van der Waals surface area contributed by atoms with E-state index in [1.807, 2.05) is 29.7 Å². The monoisotopic (exact) mass is 369 g/mol. The number of nitro benzene ring substituents is 2. The molecule has 0 aliphatic carbocycles. The van der Waals surface area contributed by atoms with E-state index in [4.69, 9.17) is 0 Å². The number of hydrogen-bond donors (Lipinski definition) is 1. The van der Waals surface area contributed by atoms with Crippen molar-refractivity contribution in [1.82, 2.24) is 9.55 Å². The third kappa shape index (κ3) is 3.59. The van der Waals surface area contributed by atoms with Gasteiger partial charge in [0.25, 0.3) is 17.3 Å². The predicted octanol–water partition coefficient (Wildman–Crippen LogP) is 3.52. The van der Waals surface area contributed by atoms with Crippen molar-refractivity contribution >= 4 is 34.3 Å². The Kier molecular flexibility index (Phi) is 4.79. The normalized spacial score (nSPS) is 10.7. The summed E-state index contributed by atoms with van der Waals surface area (Å²) < 4.78 is 1.82. The zero-order valence-corrected chi connectivity index (χ0v) is 14.3. The van der Waals surface area contributed by atoms with Gasteiger partial charge in [0, 0.05) is 18.7 Å². The first-order chi connectivity index (χ1) is 12.9. The maximum atomic E-state index is 12.6. The summed E-state index contributed by atoms with van der Waals surface area (Å²) in [4.78, 5) is 37.4. The molecule has 3 aromatic rings. The molecule has 0 saturated carbocycles. The second-order valence-electron chi connectivity index (χ2n) is 5.78. The molecule has 10 nitrogen and oxygen atoms in total. The average molecular weight is 369 g/mol. The number of fused-ring (bicyclic) bond motifs is 1. The molecule has 2 aromatic carbocycles. The van der Waals surface area contributed by atoms with Crippen LogP contribution < -0.4 is 5.32 Å². The first-order valence-electron chi connectivity index (χ1n) is 8.11. The summed E-state index contributed by atoms with van der Waals surface area (Å²) in [7, 11) is 0. The van der Waals surface area contributed by atoms with E-state index in [-0.39, 0.29) is 11.5 Å². The average Bonchev–Trinajstić information content (AvgIpc) is 2.99. The predicted molar refractivity (Wildman–Crippen MR) is 97.7 cm³/mol. The van der Waals surface area contributed by atoms with Crippen LogP contribution in [0.15, 0.2) is 42.5 Å². The summed E-state index contributed by atoms with van der Waals surface area (Å²) in [5.74, 6) is -0.438. The molecule has 0 unspecified atom stereocenters. The molecule has 0 bridgehead atoms. The Hall–Kier alpha value is -3.82. The highest BCUT2D eigenvalue weighted by Gasteiger charge is 2.21. The van der Waals surface area contributed by atoms with Gasteiger partial charge in [-0.05, 0) is 18.6 Å². The van der Waals surface area contributed by atoms with E-state index >= 15 is 0 Å². The van der Waals surface area contributed by atoms with Crippen LogP contribution in [0.2, 0.25) is 0 Å². The number of nitrogens with one attached hydrogen (secondary N) is 1. The number of imidazole rings is 1. The van der Waals surface area contributed by atoms with Gasteiger partial charge in [-0.25, -0.2) is 4.98 Å². The van der Waals surface area contributed by atoms with Crippen LogP contribution in [0.4, 0.5) is 17.3 Å². The third-order valence-corrected chi connectivity index (χ3v) is 3.91. The minimum absolute atomic E-state index is 0.189. The fraction of sp³-hybridized carbons (Fsp3) is 0.176. The highest BCUT2D eigenvalue weighted by atomic mass is 16.6. The molecule has 0 radical (unpaired) electrons. The van der Waals surface area contributed by atoms with Crippen molar-refractivity contribution in [2.24, 2.45) is 0 Å².